The Bertz CT molecular complexity index is 1030. The summed E-state index contributed by atoms with van der Waals surface area (Å²) in [6, 6.07) is 6.79. The number of carbonyl (C=O) groups is 2. The first-order chi connectivity index (χ1) is 20.4. The summed E-state index contributed by atoms with van der Waals surface area (Å²) in [5.41, 5.74) is 1.19. The van der Waals surface area contributed by atoms with Crippen LogP contribution in [-0.4, -0.2) is 68.9 Å². The molecular weight excluding hydrogens is 561 g/mol. The van der Waals surface area contributed by atoms with Crippen molar-refractivity contribution in [3.8, 4) is 0 Å². The van der Waals surface area contributed by atoms with Crippen LogP contribution in [0.15, 0.2) is 72.3 Å². The molecule has 0 saturated carbocycles. The normalized spacial score (nSPS) is 12.7. The van der Waals surface area contributed by atoms with E-state index in [0.717, 1.165) is 57.3 Å². The molecule has 0 fully saturated rings. The predicted octanol–water partition coefficient (Wildman–Crippen LogP) is 8.02. The average Bonchev–Trinajstić information content (AvgIpc) is 2.97. The molecular formula is C33H49F3N2O5. The number of benzene rings is 1. The van der Waals surface area contributed by atoms with Gasteiger partial charge >= 0.3 is 5.97 Å². The van der Waals surface area contributed by atoms with Crippen molar-refractivity contribution in [1.82, 2.24) is 4.90 Å². The molecule has 1 rings (SSSR count). The van der Waals surface area contributed by atoms with Gasteiger partial charge in [-0.3, -0.25) is 9.69 Å². The molecule has 0 bridgehead atoms. The number of aromatic carboxylic acids is 1. The van der Waals surface area contributed by atoms with Gasteiger partial charge in [-0.05, 0) is 77.4 Å². The molecule has 0 aromatic heterocycles. The van der Waals surface area contributed by atoms with Crippen molar-refractivity contribution in [3.05, 3.63) is 77.9 Å². The van der Waals surface area contributed by atoms with Crippen LogP contribution < -0.4 is 4.90 Å². The fourth-order valence-electron chi connectivity index (χ4n) is 3.93. The first kappa shape index (κ1) is 39.5. The topological polar surface area (TPSA) is 79.3 Å². The number of anilines is 1. The number of hydrogen-bond acceptors (Lipinski definition) is 6. The third-order valence-corrected chi connectivity index (χ3v) is 6.42. The second-order valence-electron chi connectivity index (χ2n) is 9.96. The fraction of sp³-hybridized carbons (Fsp3) is 0.515. The van der Waals surface area contributed by atoms with Crippen LogP contribution in [-0.2, 0) is 14.3 Å². The van der Waals surface area contributed by atoms with Gasteiger partial charge in [-0.2, -0.15) is 0 Å². The predicted molar refractivity (Wildman–Crippen MR) is 167 cm³/mol. The molecule has 1 atom stereocenters. The van der Waals surface area contributed by atoms with E-state index in [1.165, 1.54) is 13.0 Å². The lowest BCUT2D eigenvalue weighted by molar-refractivity contribution is -0.129. The van der Waals surface area contributed by atoms with Crippen LogP contribution in [0.4, 0.5) is 18.9 Å². The lowest BCUT2D eigenvalue weighted by atomic mass is 10.0. The molecule has 0 radical (unpaired) electrons. The molecule has 43 heavy (non-hydrogen) atoms. The van der Waals surface area contributed by atoms with E-state index in [-0.39, 0.29) is 30.1 Å². The highest BCUT2D eigenvalue weighted by Gasteiger charge is 2.15. The number of carbonyl (C=O) groups excluding carboxylic acids is 1. The van der Waals surface area contributed by atoms with E-state index in [2.05, 4.69) is 35.5 Å². The third kappa shape index (κ3) is 20.1. The van der Waals surface area contributed by atoms with Crippen molar-refractivity contribution in [2.45, 2.75) is 59.8 Å². The van der Waals surface area contributed by atoms with Crippen molar-refractivity contribution in [3.63, 3.8) is 0 Å². The Hall–Kier alpha value is -3.53. The number of halogens is 3. The maximum Gasteiger partial charge on any atom is 0.335 e. The molecule has 0 aliphatic rings. The summed E-state index contributed by atoms with van der Waals surface area (Å²) in [6.45, 7) is 15.2. The molecule has 0 spiro atoms. The van der Waals surface area contributed by atoms with E-state index in [1.54, 1.807) is 24.3 Å². The molecule has 0 saturated heterocycles. The summed E-state index contributed by atoms with van der Waals surface area (Å²) in [7, 11) is 1.96. The molecule has 0 aliphatic carbocycles. The van der Waals surface area contributed by atoms with E-state index >= 15 is 0 Å². The molecule has 1 aromatic rings. The molecule has 0 aliphatic heterocycles. The fourth-order valence-corrected chi connectivity index (χ4v) is 3.93. The summed E-state index contributed by atoms with van der Waals surface area (Å²) in [4.78, 5) is 26.2. The lowest BCUT2D eigenvalue weighted by Gasteiger charge is -2.27. The highest BCUT2D eigenvalue weighted by Crippen LogP contribution is 2.18. The Balaban J connectivity index is 0.00000135. The van der Waals surface area contributed by atoms with Crippen LogP contribution in [0.25, 0.3) is 0 Å². The largest absolute Gasteiger partial charge is 0.499 e. The van der Waals surface area contributed by atoms with Gasteiger partial charge in [0.05, 0.1) is 30.4 Å². The smallest absolute Gasteiger partial charge is 0.335 e. The zero-order chi connectivity index (χ0) is 32.6. The minimum absolute atomic E-state index is 0.0659. The zero-order valence-corrected chi connectivity index (χ0v) is 26.3. The van der Waals surface area contributed by atoms with Gasteiger partial charge in [0.1, 0.15) is 11.7 Å². The number of likely N-dealkylation sites (N-methyl/N-ethyl adjacent to an activating group) is 1. The standard InChI is InChI=1S/C25H38N2O5.C8H11F3/c1-5-27(16-9-7-8-10-21(3)32-6-2)17-15-22(19-31-20-28)18-26(4)24-13-11-23(12-14-24)25(29)30;1-6(9)4-3-5-8(11)7(2)10/h7,9,11-14,20,22H,3,5-6,8,10,15-19H2,1-2,4H3,(H,29,30);4H,3,5H2,1-2H3/b9-7+;6-4+,8-7-. The Morgan fingerprint density at radius 3 is 2.28 bits per heavy atom. The van der Waals surface area contributed by atoms with Gasteiger partial charge in [0.15, 0.2) is 0 Å². The molecule has 7 nitrogen and oxygen atoms in total. The molecule has 1 N–H and O–H groups in total. The van der Waals surface area contributed by atoms with E-state index in [4.69, 9.17) is 14.6 Å². The van der Waals surface area contributed by atoms with Gasteiger partial charge in [-0.25, -0.2) is 18.0 Å². The first-order valence-corrected chi connectivity index (χ1v) is 14.6. The van der Waals surface area contributed by atoms with Crippen molar-refractivity contribution >= 4 is 18.1 Å². The lowest BCUT2D eigenvalue weighted by Crippen LogP contribution is -2.32. The molecule has 1 aromatic carbocycles. The van der Waals surface area contributed by atoms with Gasteiger partial charge in [0, 0.05) is 44.6 Å². The van der Waals surface area contributed by atoms with Gasteiger partial charge in [0.25, 0.3) is 6.47 Å². The number of carboxylic acid groups (broad SMARTS) is 1. The Morgan fingerprint density at radius 1 is 1.07 bits per heavy atom. The SMILES string of the molecule is C/C(F)=C(/F)CC/C=C(\C)F.C=C(CC/C=C/CN(CC)CCC(COC=O)CN(C)c1ccc(C(=O)O)cc1)OCC. The summed E-state index contributed by atoms with van der Waals surface area (Å²) in [5.74, 6) is -1.95. The van der Waals surface area contributed by atoms with Crippen LogP contribution in [0.1, 0.15) is 70.2 Å². The summed E-state index contributed by atoms with van der Waals surface area (Å²) in [5, 5.41) is 9.06. The quantitative estimate of drug-likeness (QED) is 0.0858. The Kier molecular flexibility index (Phi) is 22.0. The van der Waals surface area contributed by atoms with Crippen LogP contribution in [0, 0.1) is 5.92 Å². The van der Waals surface area contributed by atoms with E-state index in [9.17, 15) is 22.8 Å². The second-order valence-corrected chi connectivity index (χ2v) is 9.96. The summed E-state index contributed by atoms with van der Waals surface area (Å²) >= 11 is 0. The monoisotopic (exact) mass is 610 g/mol. The van der Waals surface area contributed by atoms with Crippen LogP contribution >= 0.6 is 0 Å². The van der Waals surface area contributed by atoms with Crippen molar-refractivity contribution in [2.24, 2.45) is 5.92 Å². The van der Waals surface area contributed by atoms with Gasteiger partial charge in [-0.15, -0.1) is 0 Å². The van der Waals surface area contributed by atoms with E-state index in [1.807, 2.05) is 14.0 Å². The molecule has 0 heterocycles. The molecule has 10 heteroatoms. The molecule has 0 amide bonds. The van der Waals surface area contributed by atoms with Crippen LogP contribution in [0.3, 0.4) is 0 Å². The van der Waals surface area contributed by atoms with Crippen LogP contribution in [0.5, 0.6) is 0 Å². The maximum atomic E-state index is 12.3. The van der Waals surface area contributed by atoms with Crippen molar-refractivity contribution in [1.29, 1.82) is 0 Å². The number of ether oxygens (including phenoxy) is 2. The maximum absolute atomic E-state index is 12.3. The van der Waals surface area contributed by atoms with Gasteiger partial charge in [0.2, 0.25) is 0 Å². The number of rotatable bonds is 21. The number of nitrogens with zero attached hydrogens (tertiary/aromatic N) is 2. The highest BCUT2D eigenvalue weighted by molar-refractivity contribution is 5.88. The summed E-state index contributed by atoms with van der Waals surface area (Å²) < 4.78 is 46.7. The zero-order valence-electron chi connectivity index (χ0n) is 26.3. The van der Waals surface area contributed by atoms with E-state index in [0.29, 0.717) is 26.2 Å². The second kappa shape index (κ2) is 24.0. The molecule has 242 valence electrons. The third-order valence-electron chi connectivity index (χ3n) is 6.42. The van der Waals surface area contributed by atoms with Gasteiger partial charge < -0.3 is 19.5 Å². The minimum atomic E-state index is -0.940. The first-order valence-electron chi connectivity index (χ1n) is 14.6. The Labute approximate surface area is 255 Å². The number of carboxylic acids is 1. The Morgan fingerprint density at radius 2 is 1.74 bits per heavy atom. The van der Waals surface area contributed by atoms with Gasteiger partial charge in [-0.1, -0.05) is 31.7 Å². The average molecular weight is 611 g/mol. The van der Waals surface area contributed by atoms with Crippen molar-refractivity contribution in [2.75, 3.05) is 51.3 Å². The van der Waals surface area contributed by atoms with Crippen molar-refractivity contribution < 1.29 is 37.3 Å². The minimum Gasteiger partial charge on any atom is -0.499 e. The van der Waals surface area contributed by atoms with E-state index < -0.39 is 17.6 Å². The number of allylic oxidation sites excluding steroid dienone is 6. The number of hydrogen-bond donors (Lipinski definition) is 1. The van der Waals surface area contributed by atoms with Crippen LogP contribution in [0.2, 0.25) is 0 Å². The summed E-state index contributed by atoms with van der Waals surface area (Å²) in [6.07, 6.45) is 8.33. The highest BCUT2D eigenvalue weighted by atomic mass is 19.2. The molecule has 1 unspecified atom stereocenters.